The van der Waals surface area contributed by atoms with Gasteiger partial charge in [-0.15, -0.1) is 0 Å². The Morgan fingerprint density at radius 1 is 0.654 bits per heavy atom. The first-order valence-electron chi connectivity index (χ1n) is 26.9. The molecule has 0 unspecified atom stereocenters. The maximum Gasteiger partial charge on any atom is 0.246 e. The van der Waals surface area contributed by atoms with Crippen molar-refractivity contribution in [3.63, 3.8) is 0 Å². The molecule has 10 amide bonds. The molecule has 81 heavy (non-hydrogen) atoms. The molecule has 8 atom stereocenters. The summed E-state index contributed by atoms with van der Waals surface area (Å²) in [4.78, 5) is 147. The number of H-pyrrole nitrogens is 2. The van der Waals surface area contributed by atoms with Gasteiger partial charge in [-0.1, -0.05) is 100 Å². The first-order chi connectivity index (χ1) is 38.6. The number of amides is 10. The Labute approximate surface area is 469 Å². The van der Waals surface area contributed by atoms with Gasteiger partial charge < -0.3 is 69.3 Å². The molecule has 0 aliphatic carbocycles. The van der Waals surface area contributed by atoms with Gasteiger partial charge >= 0.3 is 0 Å². The molecule has 24 nitrogen and oxygen atoms in total. The van der Waals surface area contributed by atoms with Gasteiger partial charge in [0.2, 0.25) is 59.1 Å². The van der Waals surface area contributed by atoms with Crippen LogP contribution in [-0.2, 0) is 80.2 Å². The number of primary amides is 2. The number of rotatable bonds is 28. The fraction of sp³-hybridized carbons (Fsp3) is 0.421. The molecule has 15 N–H and O–H groups in total. The SMILES string of the molecule is CC(C)C[C@H](NC(=O)[C@H](Cc1cnc[nH]1)NC(=O)CNC(=O)[C@@H](NC(=O)[C@H](C)NC(=O)[C@H](Cc1c[nH]c2ccccc12)NC(=O)[C@H](CCC(N)=O)NC(=O)[C@H](N)Cc1ccccc1)C(C)C)C(=O)N1Cc2ccccc2C[C@H]1C(N)=O. The third kappa shape index (κ3) is 17.5. The average Bonchev–Trinajstić information content (AvgIpc) is 4.16. The van der Waals surface area contributed by atoms with Crippen LogP contribution in [0.2, 0.25) is 0 Å². The van der Waals surface area contributed by atoms with Crippen molar-refractivity contribution in [1.82, 2.24) is 57.1 Å². The average molecular weight is 1120 g/mol. The zero-order valence-electron chi connectivity index (χ0n) is 46.1. The predicted molar refractivity (Wildman–Crippen MR) is 299 cm³/mol. The van der Waals surface area contributed by atoms with E-state index in [1.165, 1.54) is 24.3 Å². The molecule has 432 valence electrons. The van der Waals surface area contributed by atoms with E-state index in [2.05, 4.69) is 52.2 Å². The van der Waals surface area contributed by atoms with Crippen molar-refractivity contribution < 1.29 is 47.9 Å². The summed E-state index contributed by atoms with van der Waals surface area (Å²) in [6.07, 6.45) is 4.38. The third-order valence-electron chi connectivity index (χ3n) is 13.9. The van der Waals surface area contributed by atoms with Crippen LogP contribution in [0.1, 0.15) is 81.8 Å². The lowest BCUT2D eigenvalue weighted by atomic mass is 9.92. The molecule has 0 fully saturated rings. The molecule has 1 aliphatic rings. The second kappa shape index (κ2) is 28.8. The number of nitrogens with one attached hydrogen (secondary N) is 9. The minimum atomic E-state index is -1.36. The van der Waals surface area contributed by atoms with Gasteiger partial charge in [-0.25, -0.2) is 4.98 Å². The molecule has 6 rings (SSSR count). The second-order valence-electron chi connectivity index (χ2n) is 21.1. The van der Waals surface area contributed by atoms with E-state index in [0.29, 0.717) is 11.3 Å². The quantitative estimate of drug-likeness (QED) is 0.0307. The van der Waals surface area contributed by atoms with E-state index in [9.17, 15) is 47.9 Å². The van der Waals surface area contributed by atoms with Gasteiger partial charge in [0.25, 0.3) is 0 Å². The largest absolute Gasteiger partial charge is 0.370 e. The Morgan fingerprint density at radius 2 is 1.28 bits per heavy atom. The molecule has 0 saturated carbocycles. The smallest absolute Gasteiger partial charge is 0.246 e. The van der Waals surface area contributed by atoms with E-state index in [-0.39, 0.29) is 57.4 Å². The summed E-state index contributed by atoms with van der Waals surface area (Å²) in [7, 11) is 0. The topological polar surface area (TPSA) is 381 Å². The first kappa shape index (κ1) is 61.3. The van der Waals surface area contributed by atoms with Crippen LogP contribution in [0.3, 0.4) is 0 Å². The van der Waals surface area contributed by atoms with Gasteiger partial charge in [0.05, 0.1) is 18.9 Å². The summed E-state index contributed by atoms with van der Waals surface area (Å²) in [5.41, 5.74) is 21.8. The lowest BCUT2D eigenvalue weighted by Crippen LogP contribution is -2.60. The van der Waals surface area contributed by atoms with Crippen LogP contribution >= 0.6 is 0 Å². The predicted octanol–water partition coefficient (Wildman–Crippen LogP) is -0.303. The number of carbonyl (C=O) groups is 10. The maximum atomic E-state index is 14.3. The molecule has 0 bridgehead atoms. The van der Waals surface area contributed by atoms with Crippen molar-refractivity contribution in [2.75, 3.05) is 6.54 Å². The van der Waals surface area contributed by atoms with Crippen LogP contribution in [0.15, 0.2) is 97.6 Å². The molecule has 3 heterocycles. The molecule has 0 spiro atoms. The first-order valence-corrected chi connectivity index (χ1v) is 26.9. The summed E-state index contributed by atoms with van der Waals surface area (Å²) in [5.74, 6) is -8.00. The molecule has 5 aromatic rings. The van der Waals surface area contributed by atoms with Gasteiger partial charge in [0.15, 0.2) is 0 Å². The summed E-state index contributed by atoms with van der Waals surface area (Å²) in [6.45, 7) is 7.86. The van der Waals surface area contributed by atoms with E-state index in [0.717, 1.165) is 27.6 Å². The Hall–Kier alpha value is -8.93. The van der Waals surface area contributed by atoms with E-state index in [4.69, 9.17) is 17.2 Å². The number of hydrogen-bond donors (Lipinski definition) is 12. The highest BCUT2D eigenvalue weighted by Gasteiger charge is 2.39. The number of nitrogens with two attached hydrogens (primary N) is 3. The van der Waals surface area contributed by atoms with Crippen LogP contribution in [-0.4, -0.2) is 134 Å². The van der Waals surface area contributed by atoms with Crippen LogP contribution in [0.5, 0.6) is 0 Å². The normalized spacial score (nSPS) is 15.6. The summed E-state index contributed by atoms with van der Waals surface area (Å²) in [5, 5.41) is 19.3. The number of imidazole rings is 1. The summed E-state index contributed by atoms with van der Waals surface area (Å²) >= 11 is 0. The second-order valence-corrected chi connectivity index (χ2v) is 21.1. The lowest BCUT2D eigenvalue weighted by Gasteiger charge is -2.38. The molecular formula is C57H74N14O10. The van der Waals surface area contributed by atoms with Crippen molar-refractivity contribution in [3.8, 4) is 0 Å². The number of benzene rings is 3. The molecule has 0 radical (unpaired) electrons. The monoisotopic (exact) mass is 1110 g/mol. The molecule has 2 aromatic heterocycles. The van der Waals surface area contributed by atoms with Gasteiger partial charge in [-0.2, -0.15) is 0 Å². The number of carbonyl (C=O) groups excluding carboxylic acids is 10. The highest BCUT2D eigenvalue weighted by atomic mass is 16.2. The molecule has 3 aromatic carbocycles. The Balaban J connectivity index is 1.10. The van der Waals surface area contributed by atoms with Crippen LogP contribution < -0.4 is 54.4 Å². The zero-order valence-corrected chi connectivity index (χ0v) is 46.1. The summed E-state index contributed by atoms with van der Waals surface area (Å²) < 4.78 is 0. The van der Waals surface area contributed by atoms with E-state index < -0.39 is 120 Å². The number of hydrogen-bond acceptors (Lipinski definition) is 12. The van der Waals surface area contributed by atoms with Crippen molar-refractivity contribution in [3.05, 3.63) is 126 Å². The van der Waals surface area contributed by atoms with Gasteiger partial charge in [0, 0.05) is 61.2 Å². The van der Waals surface area contributed by atoms with Gasteiger partial charge in [-0.05, 0) is 66.3 Å². The Morgan fingerprint density at radius 3 is 1.95 bits per heavy atom. The van der Waals surface area contributed by atoms with Gasteiger partial charge in [-0.3, -0.25) is 47.9 Å². The van der Waals surface area contributed by atoms with E-state index in [1.807, 2.05) is 62.4 Å². The minimum absolute atomic E-state index is 0.0912. The summed E-state index contributed by atoms with van der Waals surface area (Å²) in [6, 6.07) is 14.0. The maximum absolute atomic E-state index is 14.3. The highest BCUT2D eigenvalue weighted by molar-refractivity contribution is 5.98. The number of aromatic nitrogens is 3. The third-order valence-corrected chi connectivity index (χ3v) is 13.9. The van der Waals surface area contributed by atoms with Crippen LogP contribution in [0.25, 0.3) is 10.9 Å². The van der Waals surface area contributed by atoms with Crippen LogP contribution in [0.4, 0.5) is 0 Å². The number of fused-ring (bicyclic) bond motifs is 2. The number of nitrogens with zero attached hydrogens (tertiary/aromatic N) is 2. The molecule has 0 saturated heterocycles. The van der Waals surface area contributed by atoms with Crippen LogP contribution in [0, 0.1) is 11.8 Å². The minimum Gasteiger partial charge on any atom is -0.370 e. The van der Waals surface area contributed by atoms with Crippen molar-refractivity contribution in [1.29, 1.82) is 0 Å². The number of para-hydroxylation sites is 1. The van der Waals surface area contributed by atoms with Gasteiger partial charge in [0.1, 0.15) is 42.3 Å². The van der Waals surface area contributed by atoms with Crippen molar-refractivity contribution in [2.45, 2.75) is 134 Å². The molecule has 1 aliphatic heterocycles. The zero-order chi connectivity index (χ0) is 58.9. The van der Waals surface area contributed by atoms with E-state index >= 15 is 0 Å². The van der Waals surface area contributed by atoms with Crippen molar-refractivity contribution >= 4 is 70.0 Å². The Kier molecular flexibility index (Phi) is 21.8. The molecule has 24 heteroatoms. The molecular weight excluding hydrogens is 1040 g/mol. The highest BCUT2D eigenvalue weighted by Crippen LogP contribution is 2.25. The fourth-order valence-electron chi connectivity index (χ4n) is 9.51. The number of aromatic amines is 2. The van der Waals surface area contributed by atoms with Crippen molar-refractivity contribution in [2.24, 2.45) is 29.0 Å². The lowest BCUT2D eigenvalue weighted by molar-refractivity contribution is -0.144. The standard InChI is InChI=1S/C57H74N14O10/c1-31(2)21-45(57(81)71-29-36-16-10-9-15-35(36)24-46(71)50(60)74)69-55(79)44(25-38-27-61-30-64-38)66-48(73)28-63-56(80)49(32(3)4)70-51(75)33(5)65-54(78)43(23-37-26-62-41-18-12-11-17-39(37)41)68-53(77)42(19-20-47(59)72)67-52(76)40(58)22-34-13-7-6-8-14-34/h6-18,26-27,30-33,40,42-46,49,62H,19-25,28-29,58H2,1-5H3,(H2,59,72)(H2,60,74)(H,61,64)(H,63,80)(H,65,78)(H,66,73)(H,67,76)(H,68,77)(H,69,79)(H,70,75)/t33-,40+,42-,43-,44-,45-,46-,49-/m0/s1. The van der Waals surface area contributed by atoms with E-state index in [1.54, 1.807) is 50.4 Å². The Bertz CT molecular complexity index is 3040. The fourth-order valence-corrected chi connectivity index (χ4v) is 9.51.